The fourth-order valence-electron chi connectivity index (χ4n) is 0. The van der Waals surface area contributed by atoms with Gasteiger partial charge in [-0.3, -0.25) is 0 Å². The summed E-state index contributed by atoms with van der Waals surface area (Å²) in [7, 11) is 0. The number of hydrogen-bond donors (Lipinski definition) is 0. The van der Waals surface area contributed by atoms with E-state index in [1.54, 1.807) is 0 Å². The van der Waals surface area contributed by atoms with Crippen LogP contribution in [-0.2, 0) is 60.0 Å². The molecule has 0 saturated carbocycles. The molecule has 0 spiro atoms. The van der Waals surface area contributed by atoms with Crippen LogP contribution in [0.4, 0.5) is 0 Å². The first-order valence-electron chi connectivity index (χ1n) is 0. The molecule has 6 heteroatoms. The van der Waals surface area contributed by atoms with E-state index in [1.165, 1.54) is 0 Å². The summed E-state index contributed by atoms with van der Waals surface area (Å²) in [5.74, 6) is 0. The summed E-state index contributed by atoms with van der Waals surface area (Å²) in [4.78, 5) is 0. The van der Waals surface area contributed by atoms with E-state index in [9.17, 15) is 0 Å². The van der Waals surface area contributed by atoms with E-state index < -0.39 is 0 Å². The van der Waals surface area contributed by atoms with Crippen molar-refractivity contribution in [3.05, 3.63) is 0 Å². The molecule has 0 amide bonds. The average Bonchev–Trinajstić information content (AvgIpc) is 0. The Labute approximate surface area is 76.0 Å². The predicted octanol–water partition coefficient (Wildman–Crippen LogP) is -2.48. The van der Waals surface area contributed by atoms with E-state index in [1.807, 2.05) is 0 Å². The fraction of sp³-hybridized carbons (Fsp3) is 0. The van der Waals surface area contributed by atoms with Gasteiger partial charge in [-0.25, -0.2) is 0 Å². The average molecular weight is 455 g/mol. The molecule has 0 aromatic rings. The van der Waals surface area contributed by atoms with Crippen molar-refractivity contribution < 1.29 is 76.4 Å². The zero-order valence-corrected chi connectivity index (χ0v) is 8.03. The van der Waals surface area contributed by atoms with Crippen molar-refractivity contribution >= 4 is 0 Å². The summed E-state index contributed by atoms with van der Waals surface area (Å²) in [5, 5.41) is 0. The summed E-state index contributed by atoms with van der Waals surface area (Å²) >= 11 is 0. The van der Waals surface area contributed by atoms with Crippen molar-refractivity contribution in [2.24, 2.45) is 0 Å². The van der Waals surface area contributed by atoms with Crippen LogP contribution in [0.15, 0.2) is 0 Å². The van der Waals surface area contributed by atoms with Gasteiger partial charge in [0.2, 0.25) is 0 Å². The third kappa shape index (κ3) is 40.9. The van der Waals surface area contributed by atoms with Crippen LogP contribution < -0.4 is 0 Å². The molecular formula is H6O3PtRh2. The summed E-state index contributed by atoms with van der Waals surface area (Å²) in [5.41, 5.74) is 0. The first-order valence-corrected chi connectivity index (χ1v) is 0. The van der Waals surface area contributed by atoms with Crippen LogP contribution in [0, 0.1) is 0 Å². The van der Waals surface area contributed by atoms with Gasteiger partial charge in [-0.2, -0.15) is 0 Å². The molecule has 0 aliphatic rings. The fourth-order valence-corrected chi connectivity index (χ4v) is 0. The minimum atomic E-state index is 0. The van der Waals surface area contributed by atoms with Gasteiger partial charge in [0, 0.05) is 60.0 Å². The van der Waals surface area contributed by atoms with E-state index in [2.05, 4.69) is 0 Å². The van der Waals surface area contributed by atoms with Gasteiger partial charge in [0.15, 0.2) is 0 Å². The van der Waals surface area contributed by atoms with Crippen LogP contribution in [-0.4, -0.2) is 16.4 Å². The van der Waals surface area contributed by atoms with Crippen LogP contribution in [0.1, 0.15) is 0 Å². The molecule has 0 atom stereocenters. The molecule has 2 radical (unpaired) electrons. The monoisotopic (exact) mass is 455 g/mol. The molecule has 3 nitrogen and oxygen atoms in total. The number of hydrogen-bond acceptors (Lipinski definition) is 0. The van der Waals surface area contributed by atoms with Crippen LogP contribution >= 0.6 is 0 Å². The normalized spacial score (nSPS) is 0. The molecule has 0 aliphatic carbocycles. The van der Waals surface area contributed by atoms with Gasteiger partial charge >= 0.3 is 0 Å². The quantitative estimate of drug-likeness (QED) is 0.362. The minimum absolute atomic E-state index is 0. The maximum Gasteiger partial charge on any atom is 0 e. The van der Waals surface area contributed by atoms with Crippen molar-refractivity contribution in [3.63, 3.8) is 0 Å². The summed E-state index contributed by atoms with van der Waals surface area (Å²) < 4.78 is 0. The third-order valence-electron chi connectivity index (χ3n) is 0. The SMILES string of the molecule is O.O.O.[Pt].[Rh].[Rh]. The first-order chi connectivity index (χ1) is 0. The van der Waals surface area contributed by atoms with Crippen molar-refractivity contribution in [2.45, 2.75) is 0 Å². The van der Waals surface area contributed by atoms with E-state index in [0.717, 1.165) is 0 Å². The smallest absolute Gasteiger partial charge is 0 e. The summed E-state index contributed by atoms with van der Waals surface area (Å²) in [6.07, 6.45) is 0. The standard InChI is InChI=1S/3H2O.Pt.2Rh/h3*1H2;;;. The molecule has 0 aromatic heterocycles. The van der Waals surface area contributed by atoms with Gasteiger partial charge in [0.25, 0.3) is 0 Å². The Morgan fingerprint density at radius 3 is 0.500 bits per heavy atom. The number of rotatable bonds is 0. The summed E-state index contributed by atoms with van der Waals surface area (Å²) in [6, 6.07) is 0. The second kappa shape index (κ2) is 70.0. The first kappa shape index (κ1) is 110. The van der Waals surface area contributed by atoms with Gasteiger partial charge in [0.1, 0.15) is 0 Å². The van der Waals surface area contributed by atoms with Crippen LogP contribution in [0.2, 0.25) is 0 Å². The third-order valence-corrected chi connectivity index (χ3v) is 0. The van der Waals surface area contributed by atoms with Gasteiger partial charge in [-0.05, 0) is 0 Å². The Hall–Kier alpha value is 1.82. The molecule has 0 rings (SSSR count). The van der Waals surface area contributed by atoms with E-state index in [0.29, 0.717) is 0 Å². The van der Waals surface area contributed by atoms with Gasteiger partial charge in [-0.15, -0.1) is 0 Å². The van der Waals surface area contributed by atoms with Crippen LogP contribution in [0.3, 0.4) is 0 Å². The van der Waals surface area contributed by atoms with Crippen molar-refractivity contribution in [3.8, 4) is 0 Å². The van der Waals surface area contributed by atoms with E-state index >= 15 is 0 Å². The zero-order chi connectivity index (χ0) is 0. The molecule has 0 aromatic carbocycles. The summed E-state index contributed by atoms with van der Waals surface area (Å²) in [6.45, 7) is 0. The molecular weight excluding hydrogens is 449 g/mol. The molecule has 0 unspecified atom stereocenters. The van der Waals surface area contributed by atoms with Gasteiger partial charge in [0.05, 0.1) is 0 Å². The van der Waals surface area contributed by atoms with Crippen molar-refractivity contribution in [2.75, 3.05) is 0 Å². The predicted molar refractivity (Wildman–Crippen MR) is 10.8 cm³/mol. The topological polar surface area (TPSA) is 94.5 Å². The molecule has 0 bridgehead atoms. The molecule has 0 heterocycles. The second-order valence-corrected chi connectivity index (χ2v) is 0. The molecule has 0 aliphatic heterocycles. The van der Waals surface area contributed by atoms with Gasteiger partial charge < -0.3 is 16.4 Å². The molecule has 6 heavy (non-hydrogen) atoms. The van der Waals surface area contributed by atoms with Crippen molar-refractivity contribution in [1.29, 1.82) is 0 Å². The van der Waals surface area contributed by atoms with Crippen LogP contribution in [0.25, 0.3) is 0 Å². The van der Waals surface area contributed by atoms with E-state index in [-0.39, 0.29) is 76.4 Å². The largest absolute Gasteiger partial charge is 0.412 e. The van der Waals surface area contributed by atoms with Crippen molar-refractivity contribution in [1.82, 2.24) is 0 Å². The Morgan fingerprint density at radius 2 is 0.500 bits per heavy atom. The Morgan fingerprint density at radius 1 is 0.500 bits per heavy atom. The Kier molecular flexibility index (Phi) is 1280. The molecule has 52 valence electrons. The molecule has 6 N–H and O–H groups in total. The Bertz CT molecular complexity index is 8.75. The van der Waals surface area contributed by atoms with Crippen LogP contribution in [0.5, 0.6) is 0 Å². The maximum absolute atomic E-state index is 0. The Balaban J connectivity index is 0. The van der Waals surface area contributed by atoms with Gasteiger partial charge in [-0.1, -0.05) is 0 Å². The second-order valence-electron chi connectivity index (χ2n) is 0. The molecule has 0 saturated heterocycles. The zero-order valence-electron chi connectivity index (χ0n) is 2.48. The van der Waals surface area contributed by atoms with E-state index in [4.69, 9.17) is 0 Å². The minimum Gasteiger partial charge on any atom is -0.412 e. The maximum atomic E-state index is 0. The molecule has 0 fully saturated rings.